The Morgan fingerprint density at radius 3 is 2.77 bits per heavy atom. The molecule has 2 rings (SSSR count). The van der Waals surface area contributed by atoms with Crippen LogP contribution in [-0.2, 0) is 0 Å². The minimum absolute atomic E-state index is 0. The van der Waals surface area contributed by atoms with E-state index >= 15 is 0 Å². The molecule has 1 aliphatic rings. The van der Waals surface area contributed by atoms with E-state index in [0.717, 1.165) is 13.0 Å². The predicted octanol–water partition coefficient (Wildman–Crippen LogP) is 1.84. The average Bonchev–Trinajstić information content (AvgIpc) is 2.58. The highest BCUT2D eigenvalue weighted by Gasteiger charge is 2.10. The zero-order chi connectivity index (χ0) is 7.52. The second kappa shape index (κ2) is 5.89. The van der Waals surface area contributed by atoms with Gasteiger partial charge in [0.25, 0.3) is 0 Å². The van der Waals surface area contributed by atoms with Gasteiger partial charge in [0.15, 0.2) is 0 Å². The fourth-order valence-electron chi connectivity index (χ4n) is 1.33. The molecule has 3 nitrogen and oxygen atoms in total. The number of aromatic amines is 1. The van der Waals surface area contributed by atoms with Crippen LogP contribution in [0.1, 0.15) is 18.0 Å². The van der Waals surface area contributed by atoms with Crippen molar-refractivity contribution in [3.05, 3.63) is 30.5 Å². The molecule has 0 saturated carbocycles. The summed E-state index contributed by atoms with van der Waals surface area (Å²) in [6.07, 6.45) is 8.94. The quantitative estimate of drug-likeness (QED) is 0.761. The molecular formula is C8H13Cl2N3. The van der Waals surface area contributed by atoms with Gasteiger partial charge in [-0.25, -0.2) is 4.98 Å². The van der Waals surface area contributed by atoms with E-state index in [-0.39, 0.29) is 24.8 Å². The number of nitrogens with one attached hydrogen (secondary N) is 2. The Hall–Kier alpha value is -0.670. The van der Waals surface area contributed by atoms with Gasteiger partial charge in [-0.05, 0) is 12.6 Å². The maximum absolute atomic E-state index is 3.99. The standard InChI is InChI=1S/C8H11N3.2ClH/c1-3-9-4-2-7(1)8-5-10-6-11-8;;/h1,3,5-7,9H,2,4H2,(H,10,11);2*1H. The van der Waals surface area contributed by atoms with Crippen LogP contribution in [0, 0.1) is 0 Å². The Kier molecular flexibility index (Phi) is 5.58. The van der Waals surface area contributed by atoms with Crippen molar-refractivity contribution in [1.29, 1.82) is 0 Å². The third-order valence-electron chi connectivity index (χ3n) is 1.96. The van der Waals surface area contributed by atoms with E-state index in [1.165, 1.54) is 5.69 Å². The van der Waals surface area contributed by atoms with Crippen LogP contribution >= 0.6 is 24.8 Å². The molecule has 1 aromatic rings. The third kappa shape index (κ3) is 2.94. The van der Waals surface area contributed by atoms with Crippen molar-refractivity contribution in [2.24, 2.45) is 0 Å². The molecule has 0 aromatic carbocycles. The lowest BCUT2D eigenvalue weighted by molar-refractivity contribution is 0.647. The van der Waals surface area contributed by atoms with Gasteiger partial charge in [-0.2, -0.15) is 0 Å². The van der Waals surface area contributed by atoms with Crippen LogP contribution in [0.3, 0.4) is 0 Å². The highest BCUT2D eigenvalue weighted by Crippen LogP contribution is 2.19. The lowest BCUT2D eigenvalue weighted by atomic mass is 10.0. The summed E-state index contributed by atoms with van der Waals surface area (Å²) in [5.41, 5.74) is 1.21. The molecule has 13 heavy (non-hydrogen) atoms. The van der Waals surface area contributed by atoms with Gasteiger partial charge in [-0.3, -0.25) is 0 Å². The molecule has 74 valence electrons. The molecule has 1 aromatic heterocycles. The van der Waals surface area contributed by atoms with Gasteiger partial charge < -0.3 is 10.3 Å². The van der Waals surface area contributed by atoms with Crippen molar-refractivity contribution in [1.82, 2.24) is 15.3 Å². The van der Waals surface area contributed by atoms with Gasteiger partial charge in [0.2, 0.25) is 0 Å². The molecule has 0 fully saturated rings. The molecule has 0 spiro atoms. The Balaban J connectivity index is 0.000000720. The zero-order valence-electron chi connectivity index (χ0n) is 7.06. The molecule has 0 amide bonds. The first-order valence-corrected chi connectivity index (χ1v) is 3.85. The molecule has 5 heteroatoms. The van der Waals surface area contributed by atoms with Crippen LogP contribution in [0.2, 0.25) is 0 Å². The van der Waals surface area contributed by atoms with Gasteiger partial charge in [0.1, 0.15) is 0 Å². The summed E-state index contributed by atoms with van der Waals surface area (Å²) in [4.78, 5) is 7.10. The molecule has 0 saturated heterocycles. The van der Waals surface area contributed by atoms with Crippen molar-refractivity contribution in [3.63, 3.8) is 0 Å². The highest BCUT2D eigenvalue weighted by molar-refractivity contribution is 5.85. The van der Waals surface area contributed by atoms with Crippen molar-refractivity contribution in [2.75, 3.05) is 6.54 Å². The number of halogens is 2. The minimum atomic E-state index is 0. The third-order valence-corrected chi connectivity index (χ3v) is 1.96. The van der Waals surface area contributed by atoms with Crippen LogP contribution < -0.4 is 5.32 Å². The van der Waals surface area contributed by atoms with E-state index in [0.29, 0.717) is 5.92 Å². The van der Waals surface area contributed by atoms with E-state index in [9.17, 15) is 0 Å². The number of imidazole rings is 1. The summed E-state index contributed by atoms with van der Waals surface area (Å²) in [6.45, 7) is 1.06. The van der Waals surface area contributed by atoms with Gasteiger partial charge in [-0.1, -0.05) is 6.08 Å². The number of allylic oxidation sites excluding steroid dienone is 1. The number of rotatable bonds is 1. The van der Waals surface area contributed by atoms with Crippen LogP contribution in [0.25, 0.3) is 0 Å². The van der Waals surface area contributed by atoms with Gasteiger partial charge in [-0.15, -0.1) is 24.8 Å². The largest absolute Gasteiger partial charge is 0.391 e. The van der Waals surface area contributed by atoms with Gasteiger partial charge >= 0.3 is 0 Å². The molecule has 1 unspecified atom stereocenters. The smallest absolute Gasteiger partial charge is 0.0921 e. The topological polar surface area (TPSA) is 40.7 Å². The molecule has 0 aliphatic carbocycles. The van der Waals surface area contributed by atoms with Crippen LogP contribution in [0.15, 0.2) is 24.8 Å². The first kappa shape index (κ1) is 12.3. The summed E-state index contributed by atoms with van der Waals surface area (Å²) in [5.74, 6) is 0.527. The van der Waals surface area contributed by atoms with E-state index in [1.807, 2.05) is 12.4 Å². The Morgan fingerprint density at radius 2 is 2.23 bits per heavy atom. The molecule has 1 atom stereocenters. The molecule has 2 heterocycles. The molecule has 2 N–H and O–H groups in total. The summed E-state index contributed by atoms with van der Waals surface area (Å²) < 4.78 is 0. The number of aromatic nitrogens is 2. The van der Waals surface area contributed by atoms with E-state index < -0.39 is 0 Å². The molecular weight excluding hydrogens is 209 g/mol. The van der Waals surface area contributed by atoms with E-state index in [1.54, 1.807) is 6.33 Å². The van der Waals surface area contributed by atoms with Crippen LogP contribution in [0.5, 0.6) is 0 Å². The normalized spacial score (nSPS) is 19.5. The van der Waals surface area contributed by atoms with Crippen molar-refractivity contribution < 1.29 is 0 Å². The van der Waals surface area contributed by atoms with Crippen molar-refractivity contribution in [3.8, 4) is 0 Å². The average molecular weight is 222 g/mol. The summed E-state index contributed by atoms with van der Waals surface area (Å²) in [6, 6.07) is 0. The molecule has 0 bridgehead atoms. The Labute approximate surface area is 89.8 Å². The fourth-order valence-corrected chi connectivity index (χ4v) is 1.33. The number of hydrogen-bond acceptors (Lipinski definition) is 2. The lowest BCUT2D eigenvalue weighted by Crippen LogP contribution is -2.16. The van der Waals surface area contributed by atoms with Crippen molar-refractivity contribution >= 4 is 24.8 Å². The Bertz CT molecular complexity index is 246. The zero-order valence-corrected chi connectivity index (χ0v) is 8.70. The van der Waals surface area contributed by atoms with Gasteiger partial charge in [0.05, 0.1) is 6.33 Å². The number of H-pyrrole nitrogens is 1. The predicted molar refractivity (Wildman–Crippen MR) is 57.6 cm³/mol. The van der Waals surface area contributed by atoms with E-state index in [2.05, 4.69) is 21.4 Å². The van der Waals surface area contributed by atoms with Gasteiger partial charge in [0, 0.05) is 24.4 Å². The lowest BCUT2D eigenvalue weighted by Gasteiger charge is -2.15. The second-order valence-corrected chi connectivity index (χ2v) is 2.72. The summed E-state index contributed by atoms with van der Waals surface area (Å²) >= 11 is 0. The second-order valence-electron chi connectivity index (χ2n) is 2.72. The first-order valence-electron chi connectivity index (χ1n) is 3.85. The molecule has 0 radical (unpaired) electrons. The highest BCUT2D eigenvalue weighted by atomic mass is 35.5. The van der Waals surface area contributed by atoms with Crippen LogP contribution in [0.4, 0.5) is 0 Å². The minimum Gasteiger partial charge on any atom is -0.391 e. The number of nitrogens with zero attached hydrogens (tertiary/aromatic N) is 1. The maximum Gasteiger partial charge on any atom is 0.0921 e. The maximum atomic E-state index is 3.99. The first-order chi connectivity index (χ1) is 5.47. The monoisotopic (exact) mass is 221 g/mol. The molecule has 1 aliphatic heterocycles. The van der Waals surface area contributed by atoms with E-state index in [4.69, 9.17) is 0 Å². The SMILES string of the molecule is C1=CC(c2cnc[nH]2)CCN1.Cl.Cl. The Morgan fingerprint density at radius 1 is 1.38 bits per heavy atom. The summed E-state index contributed by atoms with van der Waals surface area (Å²) in [7, 11) is 0. The van der Waals surface area contributed by atoms with Crippen molar-refractivity contribution in [2.45, 2.75) is 12.3 Å². The fraction of sp³-hybridized carbons (Fsp3) is 0.375. The number of hydrogen-bond donors (Lipinski definition) is 2. The summed E-state index contributed by atoms with van der Waals surface area (Å²) in [5, 5.41) is 3.16. The van der Waals surface area contributed by atoms with Crippen LogP contribution in [-0.4, -0.2) is 16.5 Å².